The minimum atomic E-state index is 0.0312. The van der Waals surface area contributed by atoms with E-state index in [1.807, 2.05) is 6.07 Å². The highest BCUT2D eigenvalue weighted by Crippen LogP contribution is 2.39. The van der Waals surface area contributed by atoms with E-state index in [1.54, 1.807) is 0 Å². The Kier molecular flexibility index (Phi) is 4.87. The molecule has 0 radical (unpaired) electrons. The van der Waals surface area contributed by atoms with E-state index in [0.29, 0.717) is 11.8 Å². The van der Waals surface area contributed by atoms with Gasteiger partial charge >= 0.3 is 0 Å². The van der Waals surface area contributed by atoms with Gasteiger partial charge in [0.1, 0.15) is 0 Å². The van der Waals surface area contributed by atoms with Crippen molar-refractivity contribution in [3.63, 3.8) is 0 Å². The molecular formula is C14H21BrO2. The summed E-state index contributed by atoms with van der Waals surface area (Å²) in [6, 6.07) is 1.92. The number of rotatable bonds is 4. The molecule has 0 atom stereocenters. The number of phenolic OH excluding ortho intramolecular Hbond substituents is 2. The van der Waals surface area contributed by atoms with E-state index in [1.165, 1.54) is 0 Å². The summed E-state index contributed by atoms with van der Waals surface area (Å²) in [6.07, 6.45) is 1.52. The van der Waals surface area contributed by atoms with E-state index < -0.39 is 0 Å². The van der Waals surface area contributed by atoms with Gasteiger partial charge in [0.2, 0.25) is 0 Å². The van der Waals surface area contributed by atoms with Gasteiger partial charge in [-0.3, -0.25) is 0 Å². The van der Waals surface area contributed by atoms with Crippen LogP contribution in [-0.2, 0) is 12.8 Å². The SMILES string of the molecule is CC(C)Cc1cc(Br)c(CC(C)C)c(O)c1O. The number of hydrogen-bond donors (Lipinski definition) is 2. The van der Waals surface area contributed by atoms with Crippen molar-refractivity contribution in [2.75, 3.05) is 0 Å². The quantitative estimate of drug-likeness (QED) is 0.816. The van der Waals surface area contributed by atoms with E-state index in [2.05, 4.69) is 43.6 Å². The van der Waals surface area contributed by atoms with E-state index in [4.69, 9.17) is 0 Å². The maximum absolute atomic E-state index is 10.0. The summed E-state index contributed by atoms with van der Waals surface area (Å²) >= 11 is 3.48. The van der Waals surface area contributed by atoms with E-state index >= 15 is 0 Å². The molecule has 1 aromatic rings. The Hall–Kier alpha value is -0.700. The molecule has 3 heteroatoms. The zero-order chi connectivity index (χ0) is 13.2. The average Bonchev–Trinajstić information content (AvgIpc) is 2.20. The first-order chi connectivity index (χ1) is 7.82. The smallest absolute Gasteiger partial charge is 0.162 e. The van der Waals surface area contributed by atoms with Gasteiger partial charge < -0.3 is 10.2 Å². The standard InChI is InChI=1S/C14H21BrO2/c1-8(2)5-10-7-12(15)11(6-9(3)4)14(17)13(10)16/h7-9,16-17H,5-6H2,1-4H3. The molecule has 0 saturated heterocycles. The molecule has 0 fully saturated rings. The van der Waals surface area contributed by atoms with Crippen LogP contribution in [0.3, 0.4) is 0 Å². The summed E-state index contributed by atoms with van der Waals surface area (Å²) in [6.45, 7) is 8.36. The summed E-state index contributed by atoms with van der Waals surface area (Å²) < 4.78 is 0.886. The van der Waals surface area contributed by atoms with Crippen LogP contribution in [-0.4, -0.2) is 10.2 Å². The highest BCUT2D eigenvalue weighted by molar-refractivity contribution is 9.10. The van der Waals surface area contributed by atoms with Crippen LogP contribution in [0.15, 0.2) is 10.5 Å². The van der Waals surface area contributed by atoms with Crippen LogP contribution < -0.4 is 0 Å². The lowest BCUT2D eigenvalue weighted by Crippen LogP contribution is -2.00. The normalized spacial score (nSPS) is 11.5. The Balaban J connectivity index is 3.17. The van der Waals surface area contributed by atoms with Crippen LogP contribution in [0.1, 0.15) is 38.8 Å². The third-order valence-corrected chi connectivity index (χ3v) is 3.35. The second-order valence-electron chi connectivity index (χ2n) is 5.39. The lowest BCUT2D eigenvalue weighted by Gasteiger charge is -2.15. The molecule has 0 saturated carbocycles. The zero-order valence-electron chi connectivity index (χ0n) is 10.9. The Labute approximate surface area is 112 Å². The van der Waals surface area contributed by atoms with Crippen molar-refractivity contribution in [3.8, 4) is 11.5 Å². The zero-order valence-corrected chi connectivity index (χ0v) is 12.5. The molecule has 2 nitrogen and oxygen atoms in total. The molecule has 1 rings (SSSR count). The van der Waals surface area contributed by atoms with Gasteiger partial charge in [0.05, 0.1) is 0 Å². The Bertz CT molecular complexity index is 398. The molecule has 0 heterocycles. The lowest BCUT2D eigenvalue weighted by molar-refractivity contribution is 0.390. The number of hydrogen-bond acceptors (Lipinski definition) is 2. The van der Waals surface area contributed by atoms with Gasteiger partial charge in [-0.15, -0.1) is 0 Å². The Morgan fingerprint density at radius 2 is 1.53 bits per heavy atom. The summed E-state index contributed by atoms with van der Waals surface area (Å²) in [4.78, 5) is 0. The lowest BCUT2D eigenvalue weighted by atomic mass is 9.96. The highest BCUT2D eigenvalue weighted by Gasteiger charge is 2.17. The topological polar surface area (TPSA) is 40.5 Å². The van der Waals surface area contributed by atoms with Crippen molar-refractivity contribution < 1.29 is 10.2 Å². The van der Waals surface area contributed by atoms with Gasteiger partial charge in [-0.2, -0.15) is 0 Å². The van der Waals surface area contributed by atoms with Gasteiger partial charge in [0.15, 0.2) is 11.5 Å². The van der Waals surface area contributed by atoms with Crippen LogP contribution in [0.5, 0.6) is 11.5 Å². The monoisotopic (exact) mass is 300 g/mol. The fraction of sp³-hybridized carbons (Fsp3) is 0.571. The maximum atomic E-state index is 10.0. The van der Waals surface area contributed by atoms with Crippen molar-refractivity contribution in [1.29, 1.82) is 0 Å². The van der Waals surface area contributed by atoms with E-state index in [0.717, 1.165) is 28.4 Å². The molecule has 2 N–H and O–H groups in total. The fourth-order valence-electron chi connectivity index (χ4n) is 1.91. The third kappa shape index (κ3) is 3.63. The van der Waals surface area contributed by atoms with Gasteiger partial charge in [-0.1, -0.05) is 43.6 Å². The number of aromatic hydroxyl groups is 2. The average molecular weight is 301 g/mol. The third-order valence-electron chi connectivity index (χ3n) is 2.64. The highest BCUT2D eigenvalue weighted by atomic mass is 79.9. The second-order valence-corrected chi connectivity index (χ2v) is 6.24. The fourth-order valence-corrected chi connectivity index (χ4v) is 2.54. The molecule has 0 aliphatic rings. The minimum Gasteiger partial charge on any atom is -0.504 e. The predicted molar refractivity (Wildman–Crippen MR) is 74.6 cm³/mol. The molecule has 0 aliphatic heterocycles. The van der Waals surface area contributed by atoms with Crippen molar-refractivity contribution >= 4 is 15.9 Å². The van der Waals surface area contributed by atoms with E-state index in [9.17, 15) is 10.2 Å². The van der Waals surface area contributed by atoms with Crippen molar-refractivity contribution in [1.82, 2.24) is 0 Å². The second kappa shape index (κ2) is 5.76. The maximum Gasteiger partial charge on any atom is 0.162 e. The molecule has 0 aliphatic carbocycles. The van der Waals surface area contributed by atoms with Crippen LogP contribution in [0.2, 0.25) is 0 Å². The molecule has 0 spiro atoms. The number of benzene rings is 1. The molecule has 17 heavy (non-hydrogen) atoms. The molecule has 0 bridgehead atoms. The van der Waals surface area contributed by atoms with Gasteiger partial charge in [0.25, 0.3) is 0 Å². The first-order valence-corrected chi connectivity index (χ1v) is 6.84. The van der Waals surface area contributed by atoms with Gasteiger partial charge in [-0.25, -0.2) is 0 Å². The van der Waals surface area contributed by atoms with Crippen LogP contribution in [0.4, 0.5) is 0 Å². The molecule has 0 amide bonds. The van der Waals surface area contributed by atoms with Gasteiger partial charge in [-0.05, 0) is 36.3 Å². The first-order valence-electron chi connectivity index (χ1n) is 6.05. The van der Waals surface area contributed by atoms with Crippen LogP contribution in [0.25, 0.3) is 0 Å². The molecule has 0 aromatic heterocycles. The minimum absolute atomic E-state index is 0.0312. The largest absolute Gasteiger partial charge is 0.504 e. The first kappa shape index (κ1) is 14.4. The molecule has 96 valence electrons. The molecule has 1 aromatic carbocycles. The number of halogens is 1. The molecular weight excluding hydrogens is 280 g/mol. The number of phenols is 2. The van der Waals surface area contributed by atoms with Crippen molar-refractivity contribution in [2.45, 2.75) is 40.5 Å². The van der Waals surface area contributed by atoms with Crippen LogP contribution in [0, 0.1) is 11.8 Å². The van der Waals surface area contributed by atoms with Gasteiger partial charge in [0, 0.05) is 10.0 Å². The summed E-state index contributed by atoms with van der Waals surface area (Å²) in [5.74, 6) is 0.956. The van der Waals surface area contributed by atoms with Crippen molar-refractivity contribution in [2.24, 2.45) is 11.8 Å². The van der Waals surface area contributed by atoms with Crippen LogP contribution >= 0.6 is 15.9 Å². The van der Waals surface area contributed by atoms with Crippen molar-refractivity contribution in [3.05, 3.63) is 21.7 Å². The predicted octanol–water partition coefficient (Wildman–Crippen LogP) is 4.26. The Morgan fingerprint density at radius 1 is 1.00 bits per heavy atom. The summed E-state index contributed by atoms with van der Waals surface area (Å²) in [5, 5.41) is 20.0. The summed E-state index contributed by atoms with van der Waals surface area (Å²) in [7, 11) is 0. The molecule has 0 unspecified atom stereocenters. The van der Waals surface area contributed by atoms with E-state index in [-0.39, 0.29) is 11.5 Å². The Morgan fingerprint density at radius 3 is 2.00 bits per heavy atom. The summed E-state index contributed by atoms with van der Waals surface area (Å²) in [5.41, 5.74) is 1.60.